The summed E-state index contributed by atoms with van der Waals surface area (Å²) in [4.78, 5) is 29.6. The molecule has 1 saturated heterocycles. The third kappa shape index (κ3) is 3.19. The number of benzene rings is 1. The van der Waals surface area contributed by atoms with Crippen molar-refractivity contribution in [2.75, 3.05) is 13.1 Å². The van der Waals surface area contributed by atoms with Crippen LogP contribution in [-0.2, 0) is 0 Å². The molecule has 6 heteroatoms. The van der Waals surface area contributed by atoms with Gasteiger partial charge in [0.2, 0.25) is 5.56 Å². The van der Waals surface area contributed by atoms with E-state index in [9.17, 15) is 9.59 Å². The highest BCUT2D eigenvalue weighted by atomic mass is 79.9. The number of rotatable bonds is 2. The number of halogens is 1. The minimum Gasteiger partial charge on any atom is -0.334 e. The molecule has 0 radical (unpaired) electrons. The van der Waals surface area contributed by atoms with E-state index in [1.807, 2.05) is 17.0 Å². The van der Waals surface area contributed by atoms with Crippen LogP contribution in [0.5, 0.6) is 0 Å². The van der Waals surface area contributed by atoms with Gasteiger partial charge < -0.3 is 15.6 Å². The van der Waals surface area contributed by atoms with Crippen molar-refractivity contribution in [3.63, 3.8) is 0 Å². The number of fused-ring (bicyclic) bond motifs is 1. The quantitative estimate of drug-likeness (QED) is 0.843. The number of H-pyrrole nitrogens is 1. The fourth-order valence-electron chi connectivity index (χ4n) is 3.30. The van der Waals surface area contributed by atoms with Gasteiger partial charge in [-0.1, -0.05) is 22.9 Å². The van der Waals surface area contributed by atoms with Crippen LogP contribution >= 0.6 is 15.9 Å². The number of nitrogens with zero attached hydrogens (tertiary/aromatic N) is 1. The third-order valence-corrected chi connectivity index (χ3v) is 5.04. The van der Waals surface area contributed by atoms with Crippen LogP contribution < -0.4 is 11.3 Å². The highest BCUT2D eigenvalue weighted by molar-refractivity contribution is 9.10. The van der Waals surface area contributed by atoms with Crippen molar-refractivity contribution in [3.05, 3.63) is 44.7 Å². The van der Waals surface area contributed by atoms with Crippen molar-refractivity contribution in [2.24, 2.45) is 11.7 Å². The number of pyridine rings is 1. The average Bonchev–Trinajstić information content (AvgIpc) is 2.53. The van der Waals surface area contributed by atoms with Crippen LogP contribution in [0.2, 0.25) is 0 Å². The number of carbonyl (C=O) groups is 1. The lowest BCUT2D eigenvalue weighted by Gasteiger charge is -2.38. The van der Waals surface area contributed by atoms with E-state index in [2.05, 4.69) is 27.8 Å². The Hall–Kier alpha value is -1.66. The second kappa shape index (κ2) is 6.45. The molecule has 1 amide bonds. The highest BCUT2D eigenvalue weighted by Crippen LogP contribution is 2.26. The normalized spacial score (nSPS) is 21.6. The fourth-order valence-corrected chi connectivity index (χ4v) is 3.66. The summed E-state index contributed by atoms with van der Waals surface area (Å²) in [6, 6.07) is 6.94. The molecule has 1 aliphatic heterocycles. The van der Waals surface area contributed by atoms with E-state index in [0.717, 1.165) is 22.7 Å². The maximum atomic E-state index is 13.1. The van der Waals surface area contributed by atoms with Crippen LogP contribution in [-0.4, -0.2) is 34.9 Å². The van der Waals surface area contributed by atoms with Gasteiger partial charge in [0.25, 0.3) is 5.91 Å². The van der Waals surface area contributed by atoms with Crippen molar-refractivity contribution in [2.45, 2.75) is 25.8 Å². The smallest absolute Gasteiger partial charge is 0.255 e. The van der Waals surface area contributed by atoms with E-state index in [0.29, 0.717) is 30.1 Å². The zero-order chi connectivity index (χ0) is 16.6. The molecular formula is C17H20BrN3O2. The van der Waals surface area contributed by atoms with Crippen molar-refractivity contribution >= 4 is 32.7 Å². The Morgan fingerprint density at radius 1 is 1.43 bits per heavy atom. The van der Waals surface area contributed by atoms with Gasteiger partial charge in [-0.3, -0.25) is 9.59 Å². The molecule has 122 valence electrons. The standard InChI is InChI=1S/C17H20BrN3O2/c1-10-4-5-21(12(6-10)9-19)17(23)14-8-16(22)20-15-3-2-11(18)7-13(14)15/h2-3,7-8,10,12H,4-6,9,19H2,1H3,(H,20,22). The number of likely N-dealkylation sites (tertiary alicyclic amines) is 1. The predicted octanol–water partition coefficient (Wildman–Crippen LogP) is 2.49. The predicted molar refractivity (Wildman–Crippen MR) is 94.5 cm³/mol. The first-order chi connectivity index (χ1) is 11.0. The lowest BCUT2D eigenvalue weighted by atomic mass is 9.91. The molecule has 23 heavy (non-hydrogen) atoms. The molecule has 0 aliphatic carbocycles. The summed E-state index contributed by atoms with van der Waals surface area (Å²) >= 11 is 3.43. The van der Waals surface area contributed by atoms with Crippen LogP contribution in [0, 0.1) is 5.92 Å². The van der Waals surface area contributed by atoms with Gasteiger partial charge in [0.15, 0.2) is 0 Å². The van der Waals surface area contributed by atoms with Gasteiger partial charge in [0, 0.05) is 40.6 Å². The monoisotopic (exact) mass is 377 g/mol. The minimum atomic E-state index is -0.266. The summed E-state index contributed by atoms with van der Waals surface area (Å²) in [5.41, 5.74) is 6.71. The lowest BCUT2D eigenvalue weighted by Crippen LogP contribution is -2.49. The first-order valence-corrected chi connectivity index (χ1v) is 8.62. The first-order valence-electron chi connectivity index (χ1n) is 7.83. The molecular weight excluding hydrogens is 358 g/mol. The van der Waals surface area contributed by atoms with Gasteiger partial charge in [-0.25, -0.2) is 0 Å². The van der Waals surface area contributed by atoms with Crippen LogP contribution in [0.4, 0.5) is 0 Å². The first kappa shape index (κ1) is 16.2. The van der Waals surface area contributed by atoms with E-state index in [4.69, 9.17) is 5.73 Å². The van der Waals surface area contributed by atoms with Gasteiger partial charge in [0.1, 0.15) is 0 Å². The average molecular weight is 378 g/mol. The Morgan fingerprint density at radius 2 is 2.22 bits per heavy atom. The minimum absolute atomic E-state index is 0.0349. The van der Waals surface area contributed by atoms with Gasteiger partial charge in [-0.15, -0.1) is 0 Å². The molecule has 1 aromatic heterocycles. The zero-order valence-corrected chi connectivity index (χ0v) is 14.6. The lowest BCUT2D eigenvalue weighted by molar-refractivity contribution is 0.0575. The van der Waals surface area contributed by atoms with E-state index in [1.54, 1.807) is 6.07 Å². The Balaban J connectivity index is 2.06. The summed E-state index contributed by atoms with van der Waals surface area (Å²) < 4.78 is 0.869. The number of nitrogens with one attached hydrogen (secondary N) is 1. The molecule has 1 aliphatic rings. The number of hydrogen-bond donors (Lipinski definition) is 2. The summed E-state index contributed by atoms with van der Waals surface area (Å²) in [7, 11) is 0. The number of carbonyl (C=O) groups excluding carboxylic acids is 1. The van der Waals surface area contributed by atoms with Crippen LogP contribution in [0.15, 0.2) is 33.5 Å². The van der Waals surface area contributed by atoms with E-state index >= 15 is 0 Å². The Labute approximate surface area is 143 Å². The van der Waals surface area contributed by atoms with E-state index in [-0.39, 0.29) is 17.5 Å². The maximum absolute atomic E-state index is 13.1. The molecule has 2 heterocycles. The van der Waals surface area contributed by atoms with Crippen LogP contribution in [0.1, 0.15) is 30.1 Å². The number of amides is 1. The van der Waals surface area contributed by atoms with Gasteiger partial charge in [0.05, 0.1) is 5.56 Å². The number of piperidine rings is 1. The van der Waals surface area contributed by atoms with Crippen molar-refractivity contribution < 1.29 is 4.79 Å². The van der Waals surface area contributed by atoms with Crippen molar-refractivity contribution in [3.8, 4) is 0 Å². The molecule has 1 aromatic carbocycles. The van der Waals surface area contributed by atoms with Crippen molar-refractivity contribution in [1.29, 1.82) is 0 Å². The summed E-state index contributed by atoms with van der Waals surface area (Å²) in [5.74, 6) is 0.458. The SMILES string of the molecule is CC1CCN(C(=O)c2cc(=O)[nH]c3ccc(Br)cc23)C(CN)C1. The van der Waals surface area contributed by atoms with Crippen molar-refractivity contribution in [1.82, 2.24) is 9.88 Å². The molecule has 3 rings (SSSR count). The second-order valence-corrected chi connectivity index (χ2v) is 7.17. The summed E-state index contributed by atoms with van der Waals surface area (Å²) in [6.45, 7) is 3.31. The molecule has 3 N–H and O–H groups in total. The molecule has 0 bridgehead atoms. The summed E-state index contributed by atoms with van der Waals surface area (Å²) in [6.07, 6.45) is 1.88. The highest BCUT2D eigenvalue weighted by Gasteiger charge is 2.30. The van der Waals surface area contributed by atoms with Crippen LogP contribution in [0.25, 0.3) is 10.9 Å². The topological polar surface area (TPSA) is 79.2 Å². The number of nitrogens with two attached hydrogens (primary N) is 1. The van der Waals surface area contributed by atoms with Gasteiger partial charge in [-0.05, 0) is 37.0 Å². The maximum Gasteiger partial charge on any atom is 0.255 e. The zero-order valence-electron chi connectivity index (χ0n) is 13.0. The Morgan fingerprint density at radius 3 is 2.96 bits per heavy atom. The van der Waals surface area contributed by atoms with E-state index < -0.39 is 0 Å². The largest absolute Gasteiger partial charge is 0.334 e. The second-order valence-electron chi connectivity index (χ2n) is 6.25. The number of hydrogen-bond acceptors (Lipinski definition) is 3. The molecule has 0 saturated carbocycles. The molecule has 5 nitrogen and oxygen atoms in total. The van der Waals surface area contributed by atoms with Gasteiger partial charge >= 0.3 is 0 Å². The fraction of sp³-hybridized carbons (Fsp3) is 0.412. The molecule has 2 unspecified atom stereocenters. The van der Waals surface area contributed by atoms with Crippen LogP contribution in [0.3, 0.4) is 0 Å². The molecule has 2 atom stereocenters. The van der Waals surface area contributed by atoms with E-state index in [1.165, 1.54) is 6.07 Å². The Bertz CT molecular complexity index is 802. The molecule has 1 fully saturated rings. The molecule has 2 aromatic rings. The summed E-state index contributed by atoms with van der Waals surface area (Å²) in [5, 5.41) is 0.748. The number of aromatic amines is 1. The van der Waals surface area contributed by atoms with Gasteiger partial charge in [-0.2, -0.15) is 0 Å². The number of aromatic nitrogens is 1. The Kier molecular flexibility index (Phi) is 4.55. The third-order valence-electron chi connectivity index (χ3n) is 4.55. The molecule has 0 spiro atoms.